The van der Waals surface area contributed by atoms with E-state index in [-0.39, 0.29) is 11.0 Å². The average Bonchev–Trinajstić information content (AvgIpc) is 2.62. The molecule has 2 aliphatic rings. The minimum atomic E-state index is -4.32. The molecular formula is C22H31F3N2O. The van der Waals surface area contributed by atoms with E-state index in [0.29, 0.717) is 18.2 Å². The predicted molar refractivity (Wildman–Crippen MR) is 104 cm³/mol. The second-order valence-corrected chi connectivity index (χ2v) is 8.36. The van der Waals surface area contributed by atoms with Gasteiger partial charge >= 0.3 is 6.18 Å². The number of nitrogens with zero attached hydrogens (tertiary/aromatic N) is 2. The van der Waals surface area contributed by atoms with Gasteiger partial charge in [0.15, 0.2) is 0 Å². The number of rotatable bonds is 4. The van der Waals surface area contributed by atoms with Crippen LogP contribution in [0.2, 0.25) is 0 Å². The molecule has 3 rings (SSSR count). The lowest BCUT2D eigenvalue weighted by Crippen LogP contribution is -2.66. The number of halogens is 3. The molecule has 1 aromatic rings. The van der Waals surface area contributed by atoms with Crippen molar-refractivity contribution in [2.24, 2.45) is 5.41 Å². The first-order valence-electron chi connectivity index (χ1n) is 10.1. The molecule has 0 amide bonds. The molecule has 0 radical (unpaired) electrons. The van der Waals surface area contributed by atoms with Gasteiger partial charge in [-0.15, -0.1) is 0 Å². The van der Waals surface area contributed by atoms with Crippen LogP contribution in [0.5, 0.6) is 5.75 Å². The Labute approximate surface area is 166 Å². The van der Waals surface area contributed by atoms with E-state index in [0.717, 1.165) is 50.9 Å². The summed E-state index contributed by atoms with van der Waals surface area (Å²) in [6, 6.07) is 7.73. The summed E-state index contributed by atoms with van der Waals surface area (Å²) >= 11 is 0. The molecule has 1 aliphatic heterocycles. The van der Waals surface area contributed by atoms with Crippen LogP contribution in [0.25, 0.3) is 0 Å². The van der Waals surface area contributed by atoms with Crippen molar-refractivity contribution in [2.45, 2.75) is 77.6 Å². The first kappa shape index (κ1) is 22.5. The fourth-order valence-electron chi connectivity index (χ4n) is 4.16. The van der Waals surface area contributed by atoms with Gasteiger partial charge in [-0.1, -0.05) is 20.8 Å². The molecule has 2 fully saturated rings. The minimum absolute atomic E-state index is 0.149. The van der Waals surface area contributed by atoms with Gasteiger partial charge in [0.05, 0.1) is 11.6 Å². The zero-order chi connectivity index (χ0) is 21.0. The van der Waals surface area contributed by atoms with E-state index in [2.05, 4.69) is 17.9 Å². The molecule has 1 saturated heterocycles. The minimum Gasteiger partial charge on any atom is -0.485 e. The number of hydrogen-bond acceptors (Lipinski definition) is 3. The number of hydrogen-bond donors (Lipinski definition) is 0. The van der Waals surface area contributed by atoms with E-state index in [1.165, 1.54) is 12.1 Å². The molecule has 0 atom stereocenters. The summed E-state index contributed by atoms with van der Waals surface area (Å²) in [5, 5.41) is 8.95. The normalized spacial score (nSPS) is 27.0. The largest absolute Gasteiger partial charge is 0.485 e. The Kier molecular flexibility index (Phi) is 7.03. The van der Waals surface area contributed by atoms with Crippen LogP contribution in [0.4, 0.5) is 13.2 Å². The molecule has 156 valence electrons. The highest BCUT2D eigenvalue weighted by Crippen LogP contribution is 2.42. The quantitative estimate of drug-likeness (QED) is 0.622. The van der Waals surface area contributed by atoms with E-state index in [9.17, 15) is 13.2 Å². The van der Waals surface area contributed by atoms with Crippen molar-refractivity contribution < 1.29 is 17.9 Å². The first-order chi connectivity index (χ1) is 13.1. The third kappa shape index (κ3) is 5.41. The lowest BCUT2D eigenvalue weighted by atomic mass is 9.71. The monoisotopic (exact) mass is 396 g/mol. The molecule has 6 heteroatoms. The van der Waals surface area contributed by atoms with Gasteiger partial charge < -0.3 is 4.74 Å². The Morgan fingerprint density at radius 3 is 2.11 bits per heavy atom. The molecule has 0 N–H and O–H groups in total. The van der Waals surface area contributed by atoms with Crippen molar-refractivity contribution in [1.29, 1.82) is 5.26 Å². The van der Waals surface area contributed by atoms with Crippen molar-refractivity contribution in [3.8, 4) is 11.8 Å². The van der Waals surface area contributed by atoms with Gasteiger partial charge in [0.2, 0.25) is 0 Å². The van der Waals surface area contributed by atoms with E-state index < -0.39 is 11.7 Å². The zero-order valence-electron chi connectivity index (χ0n) is 17.3. The molecule has 28 heavy (non-hydrogen) atoms. The topological polar surface area (TPSA) is 36.3 Å². The van der Waals surface area contributed by atoms with Gasteiger partial charge in [-0.2, -0.15) is 18.4 Å². The Bertz CT molecular complexity index is 665. The molecule has 3 nitrogen and oxygen atoms in total. The van der Waals surface area contributed by atoms with Crippen molar-refractivity contribution in [3.63, 3.8) is 0 Å². The van der Waals surface area contributed by atoms with Gasteiger partial charge in [-0.25, -0.2) is 0 Å². The van der Waals surface area contributed by atoms with Gasteiger partial charge in [0.1, 0.15) is 11.4 Å². The highest BCUT2D eigenvalue weighted by molar-refractivity contribution is 5.29. The van der Waals surface area contributed by atoms with Crippen LogP contribution in [-0.2, 0) is 6.18 Å². The third-order valence-electron chi connectivity index (χ3n) is 5.81. The Morgan fingerprint density at radius 1 is 1.11 bits per heavy atom. The van der Waals surface area contributed by atoms with E-state index in [4.69, 9.17) is 10.00 Å². The van der Waals surface area contributed by atoms with Crippen LogP contribution < -0.4 is 4.74 Å². The zero-order valence-corrected chi connectivity index (χ0v) is 17.3. The van der Waals surface area contributed by atoms with E-state index in [1.807, 2.05) is 20.8 Å². The highest BCUT2D eigenvalue weighted by atomic mass is 19.4. The second-order valence-electron chi connectivity index (χ2n) is 8.36. The van der Waals surface area contributed by atoms with Crippen LogP contribution in [-0.4, -0.2) is 29.6 Å². The lowest BCUT2D eigenvalue weighted by Gasteiger charge is -2.53. The van der Waals surface area contributed by atoms with Gasteiger partial charge in [-0.05, 0) is 62.3 Å². The summed E-state index contributed by atoms with van der Waals surface area (Å²) in [5.74, 6) is 0.477. The molecule has 0 bridgehead atoms. The summed E-state index contributed by atoms with van der Waals surface area (Å²) in [6.07, 6.45) is 0.616. The molecule has 0 aromatic heterocycles. The second kappa shape index (κ2) is 8.73. The molecule has 1 aliphatic carbocycles. The standard InChI is InChI=1S/C20H25F3N2O.C2H6/c1-18(11-12-24)9-7-16(8-10-18)25-13-19(2,14-25)26-17-5-3-15(4-6-17)20(21,22)23;1-2/h3-6,16H,7-11,13-14H2,1-2H3;1-2H3. The fourth-order valence-corrected chi connectivity index (χ4v) is 4.16. The number of benzene rings is 1. The van der Waals surface area contributed by atoms with Crippen LogP contribution >= 0.6 is 0 Å². The molecule has 1 aromatic carbocycles. The molecule has 0 unspecified atom stereocenters. The Hall–Kier alpha value is -1.74. The van der Waals surface area contributed by atoms with Gasteiger partial charge in [0, 0.05) is 25.6 Å². The van der Waals surface area contributed by atoms with Crippen molar-refractivity contribution >= 4 is 0 Å². The number of ether oxygens (including phenoxy) is 1. The molecule has 0 spiro atoms. The summed E-state index contributed by atoms with van der Waals surface area (Å²) < 4.78 is 43.8. The van der Waals surface area contributed by atoms with Crippen LogP contribution in [0, 0.1) is 16.7 Å². The smallest absolute Gasteiger partial charge is 0.416 e. The van der Waals surface area contributed by atoms with E-state index in [1.54, 1.807) is 0 Å². The number of alkyl halides is 3. The highest BCUT2D eigenvalue weighted by Gasteiger charge is 2.45. The molecule has 1 saturated carbocycles. The first-order valence-corrected chi connectivity index (χ1v) is 10.1. The van der Waals surface area contributed by atoms with Crippen molar-refractivity contribution in [3.05, 3.63) is 29.8 Å². The van der Waals surface area contributed by atoms with Crippen molar-refractivity contribution in [1.82, 2.24) is 4.90 Å². The lowest BCUT2D eigenvalue weighted by molar-refractivity contribution is -0.137. The van der Waals surface area contributed by atoms with Crippen LogP contribution in [0.3, 0.4) is 0 Å². The summed E-state index contributed by atoms with van der Waals surface area (Å²) in [4.78, 5) is 2.40. The summed E-state index contributed by atoms with van der Waals surface area (Å²) in [6.45, 7) is 9.77. The fraction of sp³-hybridized carbons (Fsp3) is 0.682. The molecule has 1 heterocycles. The van der Waals surface area contributed by atoms with Crippen molar-refractivity contribution in [2.75, 3.05) is 13.1 Å². The number of nitriles is 1. The van der Waals surface area contributed by atoms with Gasteiger partial charge in [-0.3, -0.25) is 4.90 Å². The number of likely N-dealkylation sites (tertiary alicyclic amines) is 1. The SMILES string of the molecule is CC.CC1(CC#N)CCC(N2CC(C)(Oc3ccc(C(F)(F)F)cc3)C2)CC1. The Balaban J connectivity index is 0.00000136. The van der Waals surface area contributed by atoms with E-state index >= 15 is 0 Å². The summed E-state index contributed by atoms with van der Waals surface area (Å²) in [7, 11) is 0. The predicted octanol–water partition coefficient (Wildman–Crippen LogP) is 6.05. The van der Waals surface area contributed by atoms with Crippen LogP contribution in [0.1, 0.15) is 65.4 Å². The maximum atomic E-state index is 12.6. The maximum absolute atomic E-state index is 12.6. The maximum Gasteiger partial charge on any atom is 0.416 e. The Morgan fingerprint density at radius 2 is 1.64 bits per heavy atom. The van der Waals surface area contributed by atoms with Gasteiger partial charge in [0.25, 0.3) is 0 Å². The average molecular weight is 396 g/mol. The molecular weight excluding hydrogens is 365 g/mol. The van der Waals surface area contributed by atoms with Crippen LogP contribution in [0.15, 0.2) is 24.3 Å². The summed E-state index contributed by atoms with van der Waals surface area (Å²) in [5.41, 5.74) is -0.864. The third-order valence-corrected chi connectivity index (χ3v) is 5.81.